The molecule has 2 heterocycles. The molecule has 1 unspecified atom stereocenters. The van der Waals surface area contributed by atoms with Crippen molar-refractivity contribution in [3.05, 3.63) is 187 Å². The van der Waals surface area contributed by atoms with Gasteiger partial charge in [-0.05, 0) is 80.9 Å². The highest BCUT2D eigenvalue weighted by molar-refractivity contribution is 6.05. The lowest BCUT2D eigenvalue weighted by molar-refractivity contribution is 0.714. The van der Waals surface area contributed by atoms with Crippen LogP contribution < -0.4 is 0 Å². The summed E-state index contributed by atoms with van der Waals surface area (Å²) >= 11 is 0. The summed E-state index contributed by atoms with van der Waals surface area (Å²) in [6.07, 6.45) is 3.65. The lowest BCUT2D eigenvalue weighted by Gasteiger charge is -2.28. The van der Waals surface area contributed by atoms with Gasteiger partial charge in [-0.15, -0.1) is 0 Å². The van der Waals surface area contributed by atoms with Crippen LogP contribution in [0.5, 0.6) is 0 Å². The largest absolute Gasteiger partial charge is 0.264 e. The molecule has 0 saturated carbocycles. The van der Waals surface area contributed by atoms with E-state index in [0.717, 1.165) is 33.5 Å². The number of hydrogen-bond acceptors (Lipinski definition) is 3. The van der Waals surface area contributed by atoms with Crippen molar-refractivity contribution in [2.75, 3.05) is 0 Å². The van der Waals surface area contributed by atoms with Crippen LogP contribution in [0.3, 0.4) is 0 Å². The number of nitrogens with zero attached hydrogens (tertiary/aromatic N) is 3. The Bertz CT molecular complexity index is 2400. The maximum absolute atomic E-state index is 5.14. The minimum atomic E-state index is -0.254. The zero-order chi connectivity index (χ0) is 32.1. The monoisotopic (exact) mass is 613 g/mol. The Labute approximate surface area is 280 Å². The summed E-state index contributed by atoms with van der Waals surface area (Å²) in [5, 5.41) is 2.34. The zero-order valence-electron chi connectivity index (χ0n) is 26.5. The van der Waals surface area contributed by atoms with Crippen molar-refractivity contribution in [3.8, 4) is 56.2 Å². The molecule has 9 rings (SSSR count). The number of aromatic nitrogens is 3. The maximum atomic E-state index is 5.14. The second kappa shape index (κ2) is 11.3. The number of rotatable bonds is 5. The lowest BCUT2D eigenvalue weighted by atomic mass is 9.74. The fourth-order valence-corrected chi connectivity index (χ4v) is 7.48. The molecule has 1 aliphatic carbocycles. The summed E-state index contributed by atoms with van der Waals surface area (Å²) in [5.41, 5.74) is 13.5. The minimum absolute atomic E-state index is 0.254. The predicted octanol–water partition coefficient (Wildman–Crippen LogP) is 11.0. The summed E-state index contributed by atoms with van der Waals surface area (Å²) < 4.78 is 0. The lowest BCUT2D eigenvalue weighted by Crippen LogP contribution is -2.22. The summed E-state index contributed by atoms with van der Waals surface area (Å²) in [6, 6.07) is 56.2. The van der Waals surface area contributed by atoms with Crippen molar-refractivity contribution < 1.29 is 0 Å². The molecule has 2 aromatic heterocycles. The van der Waals surface area contributed by atoms with Gasteiger partial charge in [0.1, 0.15) is 0 Å². The van der Waals surface area contributed by atoms with Crippen molar-refractivity contribution in [1.29, 1.82) is 0 Å². The summed E-state index contributed by atoms with van der Waals surface area (Å²) in [5.74, 6) is 0.693. The first-order valence-corrected chi connectivity index (χ1v) is 16.4. The van der Waals surface area contributed by atoms with Gasteiger partial charge in [0.25, 0.3) is 0 Å². The van der Waals surface area contributed by atoms with Crippen LogP contribution in [0.4, 0.5) is 0 Å². The van der Waals surface area contributed by atoms with E-state index in [-0.39, 0.29) is 5.41 Å². The second-order valence-corrected chi connectivity index (χ2v) is 12.6. The summed E-state index contributed by atoms with van der Waals surface area (Å²) in [4.78, 5) is 14.5. The van der Waals surface area contributed by atoms with Crippen LogP contribution in [-0.4, -0.2) is 15.0 Å². The Kier molecular flexibility index (Phi) is 6.58. The van der Waals surface area contributed by atoms with Gasteiger partial charge in [0, 0.05) is 34.5 Å². The highest BCUT2D eigenvalue weighted by atomic mass is 14.9. The van der Waals surface area contributed by atoms with Crippen LogP contribution in [0.1, 0.15) is 23.6 Å². The SMILES string of the molecule is CC1(c2ccccc2)c2ccccc2-c2ccc(-c3ccc(-c4cc(-c5cccnc5)nc(-c5ccccc5)n4)c4ccccc34)cc21. The Morgan fingerprint density at radius 2 is 1.06 bits per heavy atom. The van der Waals surface area contributed by atoms with E-state index in [2.05, 4.69) is 139 Å². The van der Waals surface area contributed by atoms with E-state index in [4.69, 9.17) is 9.97 Å². The van der Waals surface area contributed by atoms with Gasteiger partial charge < -0.3 is 0 Å². The van der Waals surface area contributed by atoms with E-state index < -0.39 is 0 Å². The van der Waals surface area contributed by atoms with E-state index in [1.165, 1.54) is 44.3 Å². The van der Waals surface area contributed by atoms with Gasteiger partial charge in [0.2, 0.25) is 0 Å². The summed E-state index contributed by atoms with van der Waals surface area (Å²) in [6.45, 7) is 2.37. The molecule has 0 amide bonds. The Balaban J connectivity index is 1.22. The Hall–Kier alpha value is -6.19. The molecule has 3 heteroatoms. The van der Waals surface area contributed by atoms with Crippen LogP contribution in [0.15, 0.2) is 170 Å². The molecule has 3 nitrogen and oxygen atoms in total. The third-order valence-corrected chi connectivity index (χ3v) is 9.89. The van der Waals surface area contributed by atoms with E-state index >= 15 is 0 Å². The minimum Gasteiger partial charge on any atom is -0.264 e. The number of benzene rings is 6. The van der Waals surface area contributed by atoms with Crippen molar-refractivity contribution >= 4 is 10.8 Å². The zero-order valence-corrected chi connectivity index (χ0v) is 26.5. The molecule has 226 valence electrons. The normalized spacial score (nSPS) is 14.9. The molecule has 0 radical (unpaired) electrons. The molecule has 0 saturated heterocycles. The number of hydrogen-bond donors (Lipinski definition) is 0. The number of pyridine rings is 1. The Morgan fingerprint density at radius 3 is 1.85 bits per heavy atom. The maximum Gasteiger partial charge on any atom is 0.160 e. The third kappa shape index (κ3) is 4.47. The van der Waals surface area contributed by atoms with Crippen molar-refractivity contribution in [2.45, 2.75) is 12.3 Å². The molecule has 0 fully saturated rings. The highest BCUT2D eigenvalue weighted by Gasteiger charge is 2.40. The molecule has 6 aromatic carbocycles. The van der Waals surface area contributed by atoms with Crippen LogP contribution in [0.25, 0.3) is 66.9 Å². The third-order valence-electron chi connectivity index (χ3n) is 9.89. The first-order valence-electron chi connectivity index (χ1n) is 16.4. The van der Waals surface area contributed by atoms with Crippen LogP contribution >= 0.6 is 0 Å². The molecule has 48 heavy (non-hydrogen) atoms. The first-order chi connectivity index (χ1) is 23.7. The molecule has 0 aliphatic heterocycles. The molecule has 0 N–H and O–H groups in total. The quantitative estimate of drug-likeness (QED) is 0.194. The van der Waals surface area contributed by atoms with Gasteiger partial charge in [0.15, 0.2) is 5.82 Å². The molecule has 0 spiro atoms. The van der Waals surface area contributed by atoms with Crippen molar-refractivity contribution in [2.24, 2.45) is 0 Å². The smallest absolute Gasteiger partial charge is 0.160 e. The summed E-state index contributed by atoms with van der Waals surface area (Å²) in [7, 11) is 0. The van der Waals surface area contributed by atoms with Crippen LogP contribution in [0, 0.1) is 0 Å². The van der Waals surface area contributed by atoms with Gasteiger partial charge in [0.05, 0.1) is 11.4 Å². The van der Waals surface area contributed by atoms with E-state index in [1.807, 2.05) is 36.5 Å². The fourth-order valence-electron chi connectivity index (χ4n) is 7.48. The van der Waals surface area contributed by atoms with Gasteiger partial charge in [-0.1, -0.05) is 133 Å². The fraction of sp³-hybridized carbons (Fsp3) is 0.0444. The van der Waals surface area contributed by atoms with Gasteiger partial charge >= 0.3 is 0 Å². The molecule has 1 atom stereocenters. The molecular weight excluding hydrogens is 583 g/mol. The molecule has 8 aromatic rings. The molecular formula is C45H31N3. The standard InChI is InChI=1S/C45H31N3/c1-45(33-16-6-3-7-17-33)40-21-11-10-20-37(40)38-23-22-31(27-41(38)45)34-24-25-39(36-19-9-8-18-35(34)36)43-28-42(32-15-12-26-46-29-32)47-44(48-43)30-13-4-2-5-14-30/h2-29H,1H3. The van der Waals surface area contributed by atoms with E-state index in [0.29, 0.717) is 5.82 Å². The van der Waals surface area contributed by atoms with Gasteiger partial charge in [-0.3, -0.25) is 4.98 Å². The molecule has 0 bridgehead atoms. The van der Waals surface area contributed by atoms with Crippen molar-refractivity contribution in [1.82, 2.24) is 15.0 Å². The van der Waals surface area contributed by atoms with E-state index in [1.54, 1.807) is 6.20 Å². The van der Waals surface area contributed by atoms with E-state index in [9.17, 15) is 0 Å². The average molecular weight is 614 g/mol. The van der Waals surface area contributed by atoms with Crippen LogP contribution in [-0.2, 0) is 5.41 Å². The number of fused-ring (bicyclic) bond motifs is 4. The average Bonchev–Trinajstić information content (AvgIpc) is 3.43. The van der Waals surface area contributed by atoms with Gasteiger partial charge in [-0.25, -0.2) is 9.97 Å². The van der Waals surface area contributed by atoms with Gasteiger partial charge in [-0.2, -0.15) is 0 Å². The first kappa shape index (κ1) is 28.1. The molecule has 1 aliphatic rings. The van der Waals surface area contributed by atoms with Crippen molar-refractivity contribution in [3.63, 3.8) is 0 Å². The Morgan fingerprint density at radius 1 is 0.438 bits per heavy atom. The predicted molar refractivity (Wildman–Crippen MR) is 197 cm³/mol. The van der Waals surface area contributed by atoms with Crippen LogP contribution in [0.2, 0.25) is 0 Å². The second-order valence-electron chi connectivity index (χ2n) is 12.6. The highest BCUT2D eigenvalue weighted by Crippen LogP contribution is 2.53. The topological polar surface area (TPSA) is 38.7 Å².